The van der Waals surface area contributed by atoms with Gasteiger partial charge in [0.05, 0.1) is 11.9 Å². The molecule has 0 aliphatic carbocycles. The molecule has 10 heteroatoms. The first kappa shape index (κ1) is 15.3. The number of aromatic nitrogens is 3. The molecule has 3 aromatic rings. The molecule has 0 saturated heterocycles. The fourth-order valence-electron chi connectivity index (χ4n) is 1.82. The van der Waals surface area contributed by atoms with Crippen LogP contribution in [0.1, 0.15) is 0 Å². The molecule has 2 heterocycles. The van der Waals surface area contributed by atoms with Gasteiger partial charge in [0.15, 0.2) is 5.65 Å². The van der Waals surface area contributed by atoms with Crippen LogP contribution in [0.4, 0.5) is 13.2 Å². The molecule has 0 aliphatic rings. The van der Waals surface area contributed by atoms with Gasteiger partial charge in [0.2, 0.25) is 0 Å². The minimum absolute atomic E-state index is 0.444. The second kappa shape index (κ2) is 5.23. The van der Waals surface area contributed by atoms with E-state index in [4.69, 9.17) is 0 Å². The molecular formula is C13H8F3N3O3S. The van der Waals surface area contributed by atoms with Crippen molar-refractivity contribution in [1.29, 1.82) is 0 Å². The van der Waals surface area contributed by atoms with Gasteiger partial charge in [0, 0.05) is 11.8 Å². The van der Waals surface area contributed by atoms with Gasteiger partial charge in [-0.05, 0) is 30.3 Å². The molecule has 2 aromatic heterocycles. The van der Waals surface area contributed by atoms with Crippen molar-refractivity contribution in [2.24, 2.45) is 0 Å². The van der Waals surface area contributed by atoms with Gasteiger partial charge in [0.1, 0.15) is 11.3 Å². The Morgan fingerprint density at radius 1 is 1.09 bits per heavy atom. The highest BCUT2D eigenvalue weighted by atomic mass is 32.2. The lowest BCUT2D eigenvalue weighted by atomic mass is 10.1. The number of halogens is 3. The van der Waals surface area contributed by atoms with E-state index < -0.39 is 21.4 Å². The molecule has 1 aromatic carbocycles. The fourth-order valence-corrected chi connectivity index (χ4v) is 2.28. The zero-order chi connectivity index (χ0) is 16.7. The average Bonchev–Trinajstić information content (AvgIpc) is 2.94. The van der Waals surface area contributed by atoms with E-state index in [1.807, 2.05) is 0 Å². The van der Waals surface area contributed by atoms with Crippen molar-refractivity contribution in [3.8, 4) is 17.0 Å². The fraction of sp³-hybridized carbons (Fsp3) is 0.0769. The quantitative estimate of drug-likeness (QED) is 0.584. The van der Waals surface area contributed by atoms with E-state index in [1.54, 1.807) is 12.3 Å². The lowest BCUT2D eigenvalue weighted by molar-refractivity contribution is -0.0500. The zero-order valence-corrected chi connectivity index (χ0v) is 12.0. The Morgan fingerprint density at radius 2 is 1.78 bits per heavy atom. The molecular weight excluding hydrogens is 335 g/mol. The molecule has 0 fully saturated rings. The van der Waals surface area contributed by atoms with Gasteiger partial charge in [-0.2, -0.15) is 21.6 Å². The summed E-state index contributed by atoms with van der Waals surface area (Å²) in [6.45, 7) is 0. The molecule has 120 valence electrons. The lowest BCUT2D eigenvalue weighted by Gasteiger charge is -2.09. The summed E-state index contributed by atoms with van der Waals surface area (Å²) in [7, 11) is -5.68. The van der Waals surface area contributed by atoms with Crippen molar-refractivity contribution >= 4 is 21.3 Å². The summed E-state index contributed by atoms with van der Waals surface area (Å²) >= 11 is 0. The topological polar surface area (TPSA) is 84.9 Å². The van der Waals surface area contributed by atoms with Crippen LogP contribution in [0.3, 0.4) is 0 Å². The van der Waals surface area contributed by atoms with E-state index in [2.05, 4.69) is 19.1 Å². The third-order valence-electron chi connectivity index (χ3n) is 2.90. The van der Waals surface area contributed by atoms with Gasteiger partial charge in [-0.1, -0.05) is 0 Å². The summed E-state index contributed by atoms with van der Waals surface area (Å²) in [6, 6.07) is 6.74. The molecule has 0 unspecified atom stereocenters. The summed E-state index contributed by atoms with van der Waals surface area (Å²) in [5.41, 5.74) is -3.22. The maximum absolute atomic E-state index is 12.2. The van der Waals surface area contributed by atoms with Gasteiger partial charge in [-0.15, -0.1) is 0 Å². The number of H-pyrrole nitrogens is 1. The minimum Gasteiger partial charge on any atom is -0.376 e. The maximum Gasteiger partial charge on any atom is 0.534 e. The number of alkyl halides is 3. The molecule has 0 spiro atoms. The number of benzene rings is 1. The van der Waals surface area contributed by atoms with Gasteiger partial charge in [0.25, 0.3) is 0 Å². The van der Waals surface area contributed by atoms with E-state index in [9.17, 15) is 21.6 Å². The monoisotopic (exact) mass is 343 g/mol. The van der Waals surface area contributed by atoms with Crippen LogP contribution >= 0.6 is 0 Å². The number of nitrogens with zero attached hydrogens (tertiary/aromatic N) is 2. The Hall–Kier alpha value is -2.62. The third kappa shape index (κ3) is 2.97. The van der Waals surface area contributed by atoms with Crippen molar-refractivity contribution in [1.82, 2.24) is 15.0 Å². The predicted octanol–water partition coefficient (Wildman–Crippen LogP) is 2.85. The summed E-state index contributed by atoms with van der Waals surface area (Å²) in [4.78, 5) is 11.3. The smallest absolute Gasteiger partial charge is 0.376 e. The maximum atomic E-state index is 12.2. The van der Waals surface area contributed by atoms with Gasteiger partial charge >= 0.3 is 15.6 Å². The number of hydrogen-bond donors (Lipinski definition) is 1. The van der Waals surface area contributed by atoms with Crippen LogP contribution in [0.5, 0.6) is 5.75 Å². The molecule has 23 heavy (non-hydrogen) atoms. The summed E-state index contributed by atoms with van der Waals surface area (Å²) in [6.07, 6.45) is 3.17. The molecule has 0 radical (unpaired) electrons. The molecule has 1 N–H and O–H groups in total. The second-order valence-electron chi connectivity index (χ2n) is 4.47. The Morgan fingerprint density at radius 3 is 2.43 bits per heavy atom. The van der Waals surface area contributed by atoms with Crippen LogP contribution in [0, 0.1) is 0 Å². The predicted molar refractivity (Wildman–Crippen MR) is 74.9 cm³/mol. The first-order valence-corrected chi connectivity index (χ1v) is 7.58. The highest BCUT2D eigenvalue weighted by Gasteiger charge is 2.48. The summed E-state index contributed by atoms with van der Waals surface area (Å²) in [5, 5.41) is 0. The van der Waals surface area contributed by atoms with Crippen LogP contribution in [-0.4, -0.2) is 28.9 Å². The number of hydrogen-bond acceptors (Lipinski definition) is 5. The van der Waals surface area contributed by atoms with E-state index in [-0.39, 0.29) is 0 Å². The van der Waals surface area contributed by atoms with Crippen LogP contribution in [0.2, 0.25) is 0 Å². The highest BCUT2D eigenvalue weighted by molar-refractivity contribution is 7.88. The molecule has 0 saturated carbocycles. The summed E-state index contributed by atoms with van der Waals surface area (Å²) in [5.74, 6) is -0.444. The average molecular weight is 343 g/mol. The molecule has 0 aliphatic heterocycles. The molecule has 0 bridgehead atoms. The number of rotatable bonds is 3. The Bertz CT molecular complexity index is 950. The number of nitrogens with one attached hydrogen (secondary N) is 1. The van der Waals surface area contributed by atoms with E-state index in [1.165, 1.54) is 18.3 Å². The number of aromatic amines is 1. The molecule has 0 amide bonds. The Balaban J connectivity index is 1.87. The lowest BCUT2D eigenvalue weighted by Crippen LogP contribution is -2.28. The molecule has 6 nitrogen and oxygen atoms in total. The second-order valence-corrected chi connectivity index (χ2v) is 6.01. The van der Waals surface area contributed by atoms with Crippen LogP contribution in [-0.2, 0) is 10.1 Å². The Kier molecular flexibility index (Phi) is 3.48. The van der Waals surface area contributed by atoms with Gasteiger partial charge in [-0.25, -0.2) is 4.98 Å². The van der Waals surface area contributed by atoms with Crippen LogP contribution in [0.15, 0.2) is 42.7 Å². The van der Waals surface area contributed by atoms with Crippen LogP contribution in [0.25, 0.3) is 22.4 Å². The van der Waals surface area contributed by atoms with Crippen molar-refractivity contribution in [2.45, 2.75) is 5.51 Å². The standard InChI is InChI=1S/C13H8F3N3O3S/c14-13(15,16)23(20,21)22-9-3-1-8(2-4-9)11-7-18-10-5-6-17-12(10)19-11/h1-7H,(H,17,19). The van der Waals surface area contributed by atoms with E-state index in [0.717, 1.165) is 12.1 Å². The van der Waals surface area contributed by atoms with Crippen molar-refractivity contribution in [3.05, 3.63) is 42.7 Å². The molecule has 3 rings (SSSR count). The van der Waals surface area contributed by atoms with Crippen LogP contribution < -0.4 is 4.18 Å². The normalized spacial score (nSPS) is 12.5. The Labute approximate surface area is 128 Å². The largest absolute Gasteiger partial charge is 0.534 e. The first-order chi connectivity index (χ1) is 10.8. The van der Waals surface area contributed by atoms with Gasteiger partial charge < -0.3 is 9.17 Å². The first-order valence-electron chi connectivity index (χ1n) is 6.17. The van der Waals surface area contributed by atoms with E-state index in [0.29, 0.717) is 22.4 Å². The SMILES string of the molecule is O=S(=O)(Oc1ccc(-c2cnc3cc[nH]c3n2)cc1)C(F)(F)F. The summed E-state index contributed by atoms with van der Waals surface area (Å²) < 4.78 is 62.6. The highest BCUT2D eigenvalue weighted by Crippen LogP contribution is 2.28. The number of fused-ring (bicyclic) bond motifs is 1. The van der Waals surface area contributed by atoms with Crippen molar-refractivity contribution in [2.75, 3.05) is 0 Å². The van der Waals surface area contributed by atoms with Crippen molar-refractivity contribution in [3.63, 3.8) is 0 Å². The van der Waals surface area contributed by atoms with E-state index >= 15 is 0 Å². The minimum atomic E-state index is -5.68. The van der Waals surface area contributed by atoms with Crippen molar-refractivity contribution < 1.29 is 25.8 Å². The molecule has 0 atom stereocenters. The third-order valence-corrected chi connectivity index (χ3v) is 3.88. The zero-order valence-electron chi connectivity index (χ0n) is 11.2. The van der Waals surface area contributed by atoms with Gasteiger partial charge in [-0.3, -0.25) is 4.98 Å².